The molecule has 0 aliphatic carbocycles. The molecule has 3 heteroatoms. The number of carbonyl (C=O) groups excluding carboxylic acids is 1. The highest BCUT2D eigenvalue weighted by Gasteiger charge is 1.97. The third-order valence-electron chi connectivity index (χ3n) is 1.68. The lowest BCUT2D eigenvalue weighted by atomic mass is 10.3. The molecule has 0 fully saturated rings. The summed E-state index contributed by atoms with van der Waals surface area (Å²) in [5, 5.41) is 11.5. The monoisotopic (exact) mass is 179 g/mol. The molecule has 1 aromatic rings. The summed E-state index contributed by atoms with van der Waals surface area (Å²) in [5.41, 5.74) is 0.994. The van der Waals surface area contributed by atoms with E-state index in [1.54, 1.807) is 0 Å². The van der Waals surface area contributed by atoms with E-state index in [1.165, 1.54) is 0 Å². The predicted molar refractivity (Wildman–Crippen MR) is 51.6 cm³/mol. The summed E-state index contributed by atoms with van der Waals surface area (Å²) in [6.07, 6.45) is 0.366. The minimum atomic E-state index is -0.365. The zero-order valence-corrected chi connectivity index (χ0v) is 7.36. The van der Waals surface area contributed by atoms with Crippen LogP contribution in [0, 0.1) is 0 Å². The molecule has 0 aromatic heterocycles. The van der Waals surface area contributed by atoms with Crippen LogP contribution in [0.2, 0.25) is 0 Å². The summed E-state index contributed by atoms with van der Waals surface area (Å²) in [6, 6.07) is 9.66. The Kier molecular flexibility index (Phi) is 3.99. The Morgan fingerprint density at radius 2 is 2.00 bits per heavy atom. The second-order valence-electron chi connectivity index (χ2n) is 2.74. The van der Waals surface area contributed by atoms with E-state index in [1.807, 2.05) is 30.3 Å². The molecule has 0 heterocycles. The average Bonchev–Trinajstić information content (AvgIpc) is 2.19. The van der Waals surface area contributed by atoms with Gasteiger partial charge in [-0.25, -0.2) is 0 Å². The minimum Gasteiger partial charge on any atom is -0.389 e. The maximum absolute atomic E-state index is 10.7. The molecule has 1 aromatic carbocycles. The third kappa shape index (κ3) is 3.71. The van der Waals surface area contributed by atoms with Crippen molar-refractivity contribution in [3.63, 3.8) is 0 Å². The Labute approximate surface area is 77.4 Å². The summed E-state index contributed by atoms with van der Waals surface area (Å²) < 4.78 is 0. The van der Waals surface area contributed by atoms with E-state index in [2.05, 4.69) is 5.32 Å². The van der Waals surface area contributed by atoms with Crippen LogP contribution in [0.5, 0.6) is 0 Å². The maximum Gasteiger partial charge on any atom is 0.159 e. The number of carbonyl (C=O) groups is 1. The van der Waals surface area contributed by atoms with Gasteiger partial charge in [0.25, 0.3) is 0 Å². The van der Waals surface area contributed by atoms with Gasteiger partial charge in [0.1, 0.15) is 6.61 Å². The number of hydrogen-bond acceptors (Lipinski definition) is 3. The first-order valence-corrected chi connectivity index (χ1v) is 4.24. The second-order valence-corrected chi connectivity index (χ2v) is 2.74. The smallest absolute Gasteiger partial charge is 0.159 e. The molecule has 0 spiro atoms. The zero-order chi connectivity index (χ0) is 9.52. The molecule has 0 aliphatic heterocycles. The van der Waals surface area contributed by atoms with E-state index in [9.17, 15) is 4.79 Å². The standard InChI is InChI=1S/C10H13NO2/c12-8-10(13)6-7-11-9-4-2-1-3-5-9/h1-5,11-12H,6-8H2. The number of anilines is 1. The van der Waals surface area contributed by atoms with E-state index in [0.717, 1.165) is 5.69 Å². The molecule has 1 rings (SSSR count). The molecule has 13 heavy (non-hydrogen) atoms. The minimum absolute atomic E-state index is 0.136. The Morgan fingerprint density at radius 3 is 2.62 bits per heavy atom. The van der Waals surface area contributed by atoms with Gasteiger partial charge in [0.2, 0.25) is 0 Å². The van der Waals surface area contributed by atoms with Crippen molar-refractivity contribution in [1.29, 1.82) is 0 Å². The Hall–Kier alpha value is -1.35. The normalized spacial score (nSPS) is 9.62. The summed E-state index contributed by atoms with van der Waals surface area (Å²) in [6.45, 7) is 0.208. The van der Waals surface area contributed by atoms with Crippen molar-refractivity contribution in [2.75, 3.05) is 18.5 Å². The molecule has 0 atom stereocenters. The van der Waals surface area contributed by atoms with Gasteiger partial charge in [0, 0.05) is 18.7 Å². The number of aliphatic hydroxyl groups is 1. The Balaban J connectivity index is 2.24. The van der Waals surface area contributed by atoms with Crippen LogP contribution in [0.15, 0.2) is 30.3 Å². The average molecular weight is 179 g/mol. The lowest BCUT2D eigenvalue weighted by Gasteiger charge is -2.03. The maximum atomic E-state index is 10.7. The molecular weight excluding hydrogens is 166 g/mol. The van der Waals surface area contributed by atoms with Crippen LogP contribution in [0.4, 0.5) is 5.69 Å². The molecule has 0 saturated carbocycles. The summed E-state index contributed by atoms with van der Waals surface area (Å²) in [7, 11) is 0. The van der Waals surface area contributed by atoms with E-state index in [4.69, 9.17) is 5.11 Å². The molecular formula is C10H13NO2. The second kappa shape index (κ2) is 5.32. The quantitative estimate of drug-likeness (QED) is 0.710. The number of Topliss-reactive ketones (excluding diaryl/α,β-unsaturated/α-hetero) is 1. The molecule has 3 nitrogen and oxygen atoms in total. The van der Waals surface area contributed by atoms with E-state index in [-0.39, 0.29) is 12.4 Å². The highest BCUT2D eigenvalue weighted by Crippen LogP contribution is 2.04. The fourth-order valence-electron chi connectivity index (χ4n) is 0.981. The van der Waals surface area contributed by atoms with Gasteiger partial charge in [-0.2, -0.15) is 0 Å². The number of ketones is 1. The van der Waals surface area contributed by atoms with Crippen molar-refractivity contribution in [2.24, 2.45) is 0 Å². The highest BCUT2D eigenvalue weighted by atomic mass is 16.3. The lowest BCUT2D eigenvalue weighted by Crippen LogP contribution is -2.11. The number of hydrogen-bond donors (Lipinski definition) is 2. The van der Waals surface area contributed by atoms with E-state index in [0.29, 0.717) is 13.0 Å². The number of nitrogens with one attached hydrogen (secondary N) is 1. The molecule has 0 bridgehead atoms. The Morgan fingerprint density at radius 1 is 1.31 bits per heavy atom. The SMILES string of the molecule is O=C(CO)CCNc1ccccc1. The summed E-state index contributed by atoms with van der Waals surface area (Å²) in [4.78, 5) is 10.7. The topological polar surface area (TPSA) is 49.3 Å². The van der Waals surface area contributed by atoms with Gasteiger partial charge >= 0.3 is 0 Å². The van der Waals surface area contributed by atoms with Gasteiger partial charge in [-0.3, -0.25) is 4.79 Å². The summed E-state index contributed by atoms with van der Waals surface area (Å²) in [5.74, 6) is -0.136. The van der Waals surface area contributed by atoms with E-state index < -0.39 is 0 Å². The van der Waals surface area contributed by atoms with Crippen LogP contribution in [0.1, 0.15) is 6.42 Å². The van der Waals surface area contributed by atoms with Crippen molar-refractivity contribution in [1.82, 2.24) is 0 Å². The number of para-hydroxylation sites is 1. The van der Waals surface area contributed by atoms with Crippen LogP contribution in [-0.4, -0.2) is 24.0 Å². The first kappa shape index (κ1) is 9.74. The first-order valence-electron chi connectivity index (χ1n) is 4.24. The largest absolute Gasteiger partial charge is 0.389 e. The molecule has 70 valence electrons. The van der Waals surface area contributed by atoms with Crippen LogP contribution < -0.4 is 5.32 Å². The zero-order valence-electron chi connectivity index (χ0n) is 7.36. The van der Waals surface area contributed by atoms with Crippen molar-refractivity contribution >= 4 is 11.5 Å². The van der Waals surface area contributed by atoms with Crippen LogP contribution in [0.3, 0.4) is 0 Å². The van der Waals surface area contributed by atoms with Gasteiger partial charge in [0.05, 0.1) is 0 Å². The molecule has 0 amide bonds. The van der Waals surface area contributed by atoms with Gasteiger partial charge in [0.15, 0.2) is 5.78 Å². The molecule has 0 aliphatic rings. The molecule has 2 N–H and O–H groups in total. The first-order chi connectivity index (χ1) is 6.33. The van der Waals surface area contributed by atoms with Crippen LogP contribution in [0.25, 0.3) is 0 Å². The number of rotatable bonds is 5. The van der Waals surface area contributed by atoms with Crippen molar-refractivity contribution in [3.8, 4) is 0 Å². The number of aliphatic hydroxyl groups excluding tert-OH is 1. The Bertz CT molecular complexity index is 259. The molecule has 0 unspecified atom stereocenters. The van der Waals surface area contributed by atoms with Crippen LogP contribution in [-0.2, 0) is 4.79 Å². The van der Waals surface area contributed by atoms with Gasteiger partial charge in [-0.1, -0.05) is 18.2 Å². The van der Waals surface area contributed by atoms with Crippen molar-refractivity contribution in [3.05, 3.63) is 30.3 Å². The molecule has 0 radical (unpaired) electrons. The molecule has 0 saturated heterocycles. The fraction of sp³-hybridized carbons (Fsp3) is 0.300. The third-order valence-corrected chi connectivity index (χ3v) is 1.68. The number of benzene rings is 1. The van der Waals surface area contributed by atoms with Crippen molar-refractivity contribution < 1.29 is 9.90 Å². The highest BCUT2D eigenvalue weighted by molar-refractivity contribution is 5.79. The fourth-order valence-corrected chi connectivity index (χ4v) is 0.981. The summed E-state index contributed by atoms with van der Waals surface area (Å²) >= 11 is 0. The predicted octanol–water partition coefficient (Wildman–Crippen LogP) is 1.05. The lowest BCUT2D eigenvalue weighted by molar-refractivity contribution is -0.121. The van der Waals surface area contributed by atoms with Crippen LogP contribution >= 0.6 is 0 Å². The van der Waals surface area contributed by atoms with Crippen molar-refractivity contribution in [2.45, 2.75) is 6.42 Å². The van der Waals surface area contributed by atoms with E-state index >= 15 is 0 Å². The van der Waals surface area contributed by atoms with Gasteiger partial charge in [-0.05, 0) is 12.1 Å². The van der Waals surface area contributed by atoms with Gasteiger partial charge in [-0.15, -0.1) is 0 Å². The van der Waals surface area contributed by atoms with Gasteiger partial charge < -0.3 is 10.4 Å².